The third kappa shape index (κ3) is 2.75. The molecule has 0 radical (unpaired) electrons. The molecule has 2 heterocycles. The number of phenolic OH excluding ortho intramolecular Hbond substituents is 1. The van der Waals surface area contributed by atoms with Crippen molar-refractivity contribution in [3.05, 3.63) is 71.9 Å². The molecule has 1 aliphatic rings. The van der Waals surface area contributed by atoms with E-state index in [1.807, 2.05) is 42.5 Å². The number of nitrogens with zero attached hydrogens (tertiary/aromatic N) is 2. The summed E-state index contributed by atoms with van der Waals surface area (Å²) >= 11 is 0. The fraction of sp³-hybridized carbons (Fsp3) is 0.250. The predicted molar refractivity (Wildman–Crippen MR) is 94.1 cm³/mol. The molecular formula is C20H20N2O2. The molecule has 24 heavy (non-hydrogen) atoms. The van der Waals surface area contributed by atoms with Gasteiger partial charge in [0.2, 0.25) is 0 Å². The first-order valence-corrected chi connectivity index (χ1v) is 8.28. The third-order valence-electron chi connectivity index (χ3n) is 4.60. The zero-order chi connectivity index (χ0) is 16.4. The Bertz CT molecular complexity index is 829. The molecule has 1 unspecified atom stereocenters. The second-order valence-corrected chi connectivity index (χ2v) is 6.04. The van der Waals surface area contributed by atoms with Crippen LogP contribution in [-0.2, 0) is 4.74 Å². The van der Waals surface area contributed by atoms with Crippen LogP contribution in [-0.4, -0.2) is 41.3 Å². The first-order chi connectivity index (χ1) is 11.8. The Morgan fingerprint density at radius 3 is 2.54 bits per heavy atom. The van der Waals surface area contributed by atoms with Gasteiger partial charge in [-0.2, -0.15) is 0 Å². The molecule has 0 saturated carbocycles. The molecule has 0 spiro atoms. The monoisotopic (exact) mass is 320 g/mol. The minimum atomic E-state index is 0.00139. The maximum atomic E-state index is 10.9. The lowest BCUT2D eigenvalue weighted by atomic mass is 9.94. The first-order valence-electron chi connectivity index (χ1n) is 8.28. The highest BCUT2D eigenvalue weighted by Gasteiger charge is 2.27. The van der Waals surface area contributed by atoms with Crippen LogP contribution in [0.2, 0.25) is 0 Å². The molecule has 0 amide bonds. The number of aromatic hydroxyl groups is 1. The van der Waals surface area contributed by atoms with Crippen LogP contribution in [0.15, 0.2) is 60.8 Å². The summed E-state index contributed by atoms with van der Waals surface area (Å²) in [5, 5.41) is 11.8. The van der Waals surface area contributed by atoms with Crippen molar-refractivity contribution in [2.75, 3.05) is 26.3 Å². The van der Waals surface area contributed by atoms with E-state index < -0.39 is 0 Å². The van der Waals surface area contributed by atoms with E-state index in [4.69, 9.17) is 4.74 Å². The van der Waals surface area contributed by atoms with Gasteiger partial charge in [0.05, 0.1) is 19.3 Å². The highest BCUT2D eigenvalue weighted by atomic mass is 16.5. The molecule has 0 aliphatic carbocycles. The Kier molecular flexibility index (Phi) is 4.15. The van der Waals surface area contributed by atoms with E-state index in [1.165, 1.54) is 5.56 Å². The van der Waals surface area contributed by atoms with Crippen molar-refractivity contribution in [3.8, 4) is 5.75 Å². The van der Waals surface area contributed by atoms with Gasteiger partial charge in [-0.05, 0) is 11.6 Å². The highest BCUT2D eigenvalue weighted by Crippen LogP contribution is 2.37. The Morgan fingerprint density at radius 1 is 0.958 bits per heavy atom. The fourth-order valence-corrected chi connectivity index (χ4v) is 3.42. The minimum absolute atomic E-state index is 0.00139. The molecule has 1 N–H and O–H groups in total. The van der Waals surface area contributed by atoms with Gasteiger partial charge in [0.25, 0.3) is 0 Å². The standard InChI is InChI=1S/C20H20N2O2/c23-20-17(9-8-15-7-4-10-21-18(15)20)19(16-5-2-1-3-6-16)22-11-13-24-14-12-22/h1-10,19,23H,11-14H2. The molecular weight excluding hydrogens is 300 g/mol. The first kappa shape index (κ1) is 15.1. The van der Waals surface area contributed by atoms with E-state index in [2.05, 4.69) is 22.0 Å². The Morgan fingerprint density at radius 2 is 1.75 bits per heavy atom. The summed E-state index contributed by atoms with van der Waals surface area (Å²) in [6, 6.07) is 18.2. The zero-order valence-corrected chi connectivity index (χ0v) is 13.4. The zero-order valence-electron chi connectivity index (χ0n) is 13.4. The van der Waals surface area contributed by atoms with Crippen LogP contribution in [0.3, 0.4) is 0 Å². The van der Waals surface area contributed by atoms with Crippen molar-refractivity contribution < 1.29 is 9.84 Å². The van der Waals surface area contributed by atoms with Gasteiger partial charge in [0.1, 0.15) is 11.3 Å². The molecule has 4 rings (SSSR count). The van der Waals surface area contributed by atoms with E-state index in [1.54, 1.807) is 6.20 Å². The molecule has 3 aromatic rings. The van der Waals surface area contributed by atoms with Crippen molar-refractivity contribution in [1.29, 1.82) is 0 Å². The van der Waals surface area contributed by atoms with Crippen LogP contribution in [0.25, 0.3) is 10.9 Å². The summed E-state index contributed by atoms with van der Waals surface area (Å²) in [7, 11) is 0. The number of morpholine rings is 1. The number of phenols is 1. The molecule has 4 nitrogen and oxygen atoms in total. The SMILES string of the molecule is Oc1c(C(c2ccccc2)N2CCOCC2)ccc2cccnc12. The number of hydrogen-bond acceptors (Lipinski definition) is 4. The van der Waals surface area contributed by atoms with Crippen molar-refractivity contribution in [2.45, 2.75) is 6.04 Å². The fourth-order valence-electron chi connectivity index (χ4n) is 3.42. The number of benzene rings is 2. The van der Waals surface area contributed by atoms with Crippen LogP contribution >= 0.6 is 0 Å². The second kappa shape index (κ2) is 6.59. The van der Waals surface area contributed by atoms with Gasteiger partial charge in [-0.3, -0.25) is 9.88 Å². The van der Waals surface area contributed by atoms with E-state index in [-0.39, 0.29) is 11.8 Å². The van der Waals surface area contributed by atoms with Gasteiger partial charge in [0.15, 0.2) is 0 Å². The maximum Gasteiger partial charge on any atom is 0.146 e. The van der Waals surface area contributed by atoms with E-state index in [9.17, 15) is 5.11 Å². The highest BCUT2D eigenvalue weighted by molar-refractivity contribution is 5.85. The lowest BCUT2D eigenvalue weighted by Crippen LogP contribution is -2.39. The quantitative estimate of drug-likeness (QED) is 0.804. The smallest absolute Gasteiger partial charge is 0.146 e. The summed E-state index contributed by atoms with van der Waals surface area (Å²) in [5.41, 5.74) is 2.73. The lowest BCUT2D eigenvalue weighted by Gasteiger charge is -2.35. The van der Waals surface area contributed by atoms with Gasteiger partial charge in [-0.1, -0.05) is 48.5 Å². The Labute approximate surface area is 141 Å². The molecule has 2 aromatic carbocycles. The summed E-state index contributed by atoms with van der Waals surface area (Å²) in [6.45, 7) is 3.13. The van der Waals surface area contributed by atoms with E-state index in [0.717, 1.165) is 37.3 Å². The molecule has 1 aromatic heterocycles. The summed E-state index contributed by atoms with van der Waals surface area (Å²) < 4.78 is 5.51. The Hall–Kier alpha value is -2.43. The van der Waals surface area contributed by atoms with Gasteiger partial charge in [0, 0.05) is 30.2 Å². The second-order valence-electron chi connectivity index (χ2n) is 6.04. The van der Waals surface area contributed by atoms with Crippen LogP contribution in [0, 0.1) is 0 Å². The summed E-state index contributed by atoms with van der Waals surface area (Å²) in [5.74, 6) is 0.272. The molecule has 1 atom stereocenters. The van der Waals surface area contributed by atoms with Gasteiger partial charge in [-0.25, -0.2) is 0 Å². The lowest BCUT2D eigenvalue weighted by molar-refractivity contribution is 0.0236. The molecule has 122 valence electrons. The number of hydrogen-bond donors (Lipinski definition) is 1. The predicted octanol–water partition coefficient (Wildman–Crippen LogP) is 3.36. The molecule has 4 heteroatoms. The number of pyridine rings is 1. The topological polar surface area (TPSA) is 45.6 Å². The largest absolute Gasteiger partial charge is 0.505 e. The molecule has 0 bridgehead atoms. The van der Waals surface area contributed by atoms with Crippen LogP contribution in [0.5, 0.6) is 5.75 Å². The van der Waals surface area contributed by atoms with Crippen molar-refractivity contribution >= 4 is 10.9 Å². The molecule has 1 saturated heterocycles. The van der Waals surface area contributed by atoms with Crippen LogP contribution < -0.4 is 0 Å². The summed E-state index contributed by atoms with van der Waals surface area (Å²) in [4.78, 5) is 6.73. The van der Waals surface area contributed by atoms with Gasteiger partial charge in [-0.15, -0.1) is 0 Å². The number of fused-ring (bicyclic) bond motifs is 1. The summed E-state index contributed by atoms with van der Waals surface area (Å²) in [6.07, 6.45) is 1.72. The molecule has 1 fully saturated rings. The van der Waals surface area contributed by atoms with Gasteiger partial charge < -0.3 is 9.84 Å². The van der Waals surface area contributed by atoms with Crippen LogP contribution in [0.1, 0.15) is 17.2 Å². The van der Waals surface area contributed by atoms with E-state index in [0.29, 0.717) is 5.52 Å². The van der Waals surface area contributed by atoms with Crippen molar-refractivity contribution in [2.24, 2.45) is 0 Å². The van der Waals surface area contributed by atoms with Gasteiger partial charge >= 0.3 is 0 Å². The maximum absolute atomic E-state index is 10.9. The molecule has 1 aliphatic heterocycles. The van der Waals surface area contributed by atoms with Crippen LogP contribution in [0.4, 0.5) is 0 Å². The Balaban J connectivity index is 1.85. The third-order valence-corrected chi connectivity index (χ3v) is 4.60. The van der Waals surface area contributed by atoms with E-state index >= 15 is 0 Å². The normalized spacial score (nSPS) is 17.0. The average molecular weight is 320 g/mol. The number of ether oxygens (including phenoxy) is 1. The minimum Gasteiger partial charge on any atom is -0.505 e. The number of aromatic nitrogens is 1. The van der Waals surface area contributed by atoms with Crippen molar-refractivity contribution in [3.63, 3.8) is 0 Å². The van der Waals surface area contributed by atoms with Crippen molar-refractivity contribution in [1.82, 2.24) is 9.88 Å². The number of rotatable bonds is 3. The average Bonchev–Trinajstić information content (AvgIpc) is 2.66.